The summed E-state index contributed by atoms with van der Waals surface area (Å²) in [6.07, 6.45) is 0. The number of benzene rings is 7. The summed E-state index contributed by atoms with van der Waals surface area (Å²) in [5.74, 6) is 0. The molecule has 0 unspecified atom stereocenters. The summed E-state index contributed by atoms with van der Waals surface area (Å²) in [4.78, 5) is 5.38. The Balaban J connectivity index is 1.45. The van der Waals surface area contributed by atoms with E-state index < -0.39 is 7.92 Å². The van der Waals surface area contributed by atoms with E-state index in [0.717, 1.165) is 11.0 Å². The first-order valence-electron chi connectivity index (χ1n) is 14.0. The van der Waals surface area contributed by atoms with Gasteiger partial charge in [-0.05, 0) is 46.2 Å². The first kappa shape index (κ1) is 24.0. The highest BCUT2D eigenvalue weighted by Gasteiger charge is 2.19. The minimum absolute atomic E-state index is 0.711. The van der Waals surface area contributed by atoms with Crippen LogP contribution in [0.1, 0.15) is 0 Å². The molecule has 0 amide bonds. The molecular formula is C39H26NP. The molecule has 0 saturated heterocycles. The summed E-state index contributed by atoms with van der Waals surface area (Å²) >= 11 is 0. The minimum Gasteiger partial charge on any atom is -0.246 e. The van der Waals surface area contributed by atoms with Gasteiger partial charge in [0, 0.05) is 27.1 Å². The van der Waals surface area contributed by atoms with Gasteiger partial charge in [-0.3, -0.25) is 0 Å². The lowest BCUT2D eigenvalue weighted by molar-refractivity contribution is 1.53. The third-order valence-corrected chi connectivity index (χ3v) is 10.4. The Morgan fingerprint density at radius 1 is 0.366 bits per heavy atom. The van der Waals surface area contributed by atoms with Crippen LogP contribution in [0.2, 0.25) is 0 Å². The van der Waals surface area contributed by atoms with E-state index in [1.54, 1.807) is 0 Å². The van der Waals surface area contributed by atoms with Gasteiger partial charge in [0.05, 0.1) is 11.0 Å². The molecule has 1 aromatic heterocycles. The number of pyridine rings is 1. The quantitative estimate of drug-likeness (QED) is 0.123. The molecule has 1 heterocycles. The normalized spacial score (nSPS) is 11.6. The highest BCUT2D eigenvalue weighted by Crippen LogP contribution is 2.41. The number of rotatable bonds is 4. The molecule has 0 spiro atoms. The smallest absolute Gasteiger partial charge is 0.0794 e. The number of aromatic nitrogens is 1. The predicted octanol–water partition coefficient (Wildman–Crippen LogP) is 9.12. The molecule has 8 aromatic rings. The van der Waals surface area contributed by atoms with Gasteiger partial charge in [0.1, 0.15) is 0 Å². The summed E-state index contributed by atoms with van der Waals surface area (Å²) < 4.78 is 0. The fraction of sp³-hybridized carbons (Fsp3) is 0. The molecule has 2 heteroatoms. The van der Waals surface area contributed by atoms with E-state index >= 15 is 0 Å². The zero-order valence-corrected chi connectivity index (χ0v) is 23.3. The van der Waals surface area contributed by atoms with E-state index in [4.69, 9.17) is 4.98 Å². The van der Waals surface area contributed by atoms with Crippen LogP contribution in [0.25, 0.3) is 54.5 Å². The van der Waals surface area contributed by atoms with E-state index in [2.05, 4.69) is 158 Å². The van der Waals surface area contributed by atoms with Gasteiger partial charge in [-0.25, -0.2) is 4.98 Å². The van der Waals surface area contributed by atoms with E-state index in [0.29, 0.717) is 0 Å². The second-order valence-electron chi connectivity index (χ2n) is 10.4. The summed E-state index contributed by atoms with van der Waals surface area (Å²) in [7, 11) is -0.711. The van der Waals surface area contributed by atoms with Crippen LogP contribution in [0.15, 0.2) is 158 Å². The topological polar surface area (TPSA) is 12.9 Å². The molecule has 7 aromatic carbocycles. The lowest BCUT2D eigenvalue weighted by Gasteiger charge is -2.21. The average Bonchev–Trinajstić information content (AvgIpc) is 3.05. The molecule has 0 bridgehead atoms. The molecule has 0 saturated carbocycles. The van der Waals surface area contributed by atoms with Gasteiger partial charge in [-0.1, -0.05) is 152 Å². The second kappa shape index (κ2) is 9.97. The Morgan fingerprint density at radius 2 is 0.854 bits per heavy atom. The van der Waals surface area contributed by atoms with Gasteiger partial charge in [0.15, 0.2) is 0 Å². The Labute approximate surface area is 240 Å². The fourth-order valence-corrected chi connectivity index (χ4v) is 8.46. The molecule has 0 fully saturated rings. The maximum atomic E-state index is 5.38. The van der Waals surface area contributed by atoms with Crippen LogP contribution in [0, 0.1) is 0 Å². The zero-order chi connectivity index (χ0) is 27.2. The van der Waals surface area contributed by atoms with Crippen LogP contribution in [-0.4, -0.2) is 4.98 Å². The predicted molar refractivity (Wildman–Crippen MR) is 178 cm³/mol. The van der Waals surface area contributed by atoms with E-state index in [9.17, 15) is 0 Å². The molecular weight excluding hydrogens is 513 g/mol. The molecule has 41 heavy (non-hydrogen) atoms. The second-order valence-corrected chi connectivity index (χ2v) is 12.6. The van der Waals surface area contributed by atoms with Crippen molar-refractivity contribution in [3.8, 4) is 11.1 Å². The molecule has 192 valence electrons. The third kappa shape index (κ3) is 4.10. The van der Waals surface area contributed by atoms with Crippen molar-refractivity contribution in [2.75, 3.05) is 0 Å². The van der Waals surface area contributed by atoms with Gasteiger partial charge in [0.25, 0.3) is 0 Å². The average molecular weight is 540 g/mol. The van der Waals surface area contributed by atoms with Crippen LogP contribution < -0.4 is 15.9 Å². The van der Waals surface area contributed by atoms with Crippen LogP contribution in [0.3, 0.4) is 0 Å². The van der Waals surface area contributed by atoms with Crippen molar-refractivity contribution in [3.05, 3.63) is 158 Å². The van der Waals surface area contributed by atoms with Crippen molar-refractivity contribution in [1.82, 2.24) is 4.98 Å². The molecule has 8 rings (SSSR count). The van der Waals surface area contributed by atoms with Gasteiger partial charge in [-0.2, -0.15) is 0 Å². The van der Waals surface area contributed by atoms with E-state index in [-0.39, 0.29) is 0 Å². The van der Waals surface area contributed by atoms with Crippen molar-refractivity contribution >= 4 is 67.2 Å². The maximum Gasteiger partial charge on any atom is 0.0794 e. The van der Waals surface area contributed by atoms with Crippen LogP contribution in [-0.2, 0) is 0 Å². The largest absolute Gasteiger partial charge is 0.246 e. The summed E-state index contributed by atoms with van der Waals surface area (Å²) in [5.41, 5.74) is 4.59. The Kier molecular flexibility index (Phi) is 5.83. The standard InChI is InChI=1S/C39H26NP/c1-3-15-30(16-4-1)41(31-17-5-2-6-18-31)32-19-11-14-29(26-32)37-35-24-22-27-12-7-9-20-33(27)38(35)40-39-34-21-10-8-13-28(34)23-25-36(37)39/h1-26H. The fourth-order valence-electron chi connectivity index (χ4n) is 6.12. The lowest BCUT2D eigenvalue weighted by Crippen LogP contribution is -2.20. The number of hydrogen-bond donors (Lipinski definition) is 0. The van der Waals surface area contributed by atoms with Crippen LogP contribution >= 0.6 is 7.92 Å². The number of nitrogens with zero attached hydrogens (tertiary/aromatic N) is 1. The van der Waals surface area contributed by atoms with Gasteiger partial charge >= 0.3 is 0 Å². The maximum absolute atomic E-state index is 5.38. The molecule has 0 radical (unpaired) electrons. The van der Waals surface area contributed by atoms with Crippen LogP contribution in [0.4, 0.5) is 0 Å². The zero-order valence-electron chi connectivity index (χ0n) is 22.4. The van der Waals surface area contributed by atoms with Gasteiger partial charge in [0.2, 0.25) is 0 Å². The van der Waals surface area contributed by atoms with E-state index in [1.807, 2.05) is 0 Å². The van der Waals surface area contributed by atoms with Crippen molar-refractivity contribution in [1.29, 1.82) is 0 Å². The third-order valence-electron chi connectivity index (χ3n) is 7.99. The number of hydrogen-bond acceptors (Lipinski definition) is 1. The molecule has 0 atom stereocenters. The molecule has 0 N–H and O–H groups in total. The molecule has 0 aliphatic carbocycles. The minimum atomic E-state index is -0.711. The Hall–Kier alpha value is -4.84. The highest BCUT2D eigenvalue weighted by molar-refractivity contribution is 7.79. The van der Waals surface area contributed by atoms with Crippen LogP contribution in [0.5, 0.6) is 0 Å². The SMILES string of the molecule is c1ccc(P(c2ccccc2)c2cccc(-c3c4ccc5ccccc5c4nc4c3ccc3ccccc34)c2)cc1. The Morgan fingerprint density at radius 3 is 1.41 bits per heavy atom. The monoisotopic (exact) mass is 539 g/mol. The van der Waals surface area contributed by atoms with Crippen molar-refractivity contribution in [2.24, 2.45) is 0 Å². The first-order valence-corrected chi connectivity index (χ1v) is 15.3. The molecule has 1 nitrogen and oxygen atoms in total. The Bertz CT molecular complexity index is 2070. The first-order chi connectivity index (χ1) is 20.3. The summed E-state index contributed by atoms with van der Waals surface area (Å²) in [6, 6.07) is 57.3. The summed E-state index contributed by atoms with van der Waals surface area (Å²) in [6.45, 7) is 0. The molecule has 0 aliphatic heterocycles. The highest BCUT2D eigenvalue weighted by atomic mass is 31.1. The number of fused-ring (bicyclic) bond motifs is 6. The molecule has 0 aliphatic rings. The van der Waals surface area contributed by atoms with Crippen molar-refractivity contribution in [2.45, 2.75) is 0 Å². The van der Waals surface area contributed by atoms with Gasteiger partial charge in [-0.15, -0.1) is 0 Å². The lowest BCUT2D eigenvalue weighted by atomic mass is 9.92. The summed E-state index contributed by atoms with van der Waals surface area (Å²) in [5, 5.41) is 11.2. The van der Waals surface area contributed by atoms with Crippen molar-refractivity contribution in [3.63, 3.8) is 0 Å². The van der Waals surface area contributed by atoms with Gasteiger partial charge < -0.3 is 0 Å². The van der Waals surface area contributed by atoms with Crippen molar-refractivity contribution < 1.29 is 0 Å². The van der Waals surface area contributed by atoms with E-state index in [1.165, 1.54) is 59.4 Å².